The summed E-state index contributed by atoms with van der Waals surface area (Å²) in [7, 11) is 3.36. The second-order valence-electron chi connectivity index (χ2n) is 4.01. The number of carbonyl (C=O) groups excluding carboxylic acids is 1. The third kappa shape index (κ3) is 10.2. The maximum Gasteiger partial charge on any atom is 0.236 e. The average molecular weight is 246 g/mol. The molecule has 0 bridgehead atoms. The van der Waals surface area contributed by atoms with Crippen molar-refractivity contribution in [3.8, 4) is 0 Å². The number of carbonyl (C=O) groups is 1. The largest absolute Gasteiger partial charge is 0.385 e. The van der Waals surface area contributed by atoms with Crippen molar-refractivity contribution in [1.82, 2.24) is 10.6 Å². The summed E-state index contributed by atoms with van der Waals surface area (Å²) in [5.41, 5.74) is 0. The first kappa shape index (κ1) is 16.4. The minimum atomic E-state index is -0.139. The van der Waals surface area contributed by atoms with Crippen molar-refractivity contribution < 1.29 is 14.3 Å². The molecule has 1 amide bonds. The lowest BCUT2D eigenvalue weighted by Crippen LogP contribution is -2.42. The van der Waals surface area contributed by atoms with Crippen molar-refractivity contribution in [2.75, 3.05) is 40.5 Å². The Morgan fingerprint density at radius 3 is 2.35 bits per heavy atom. The van der Waals surface area contributed by atoms with Crippen LogP contribution in [0.25, 0.3) is 0 Å². The summed E-state index contributed by atoms with van der Waals surface area (Å²) in [6, 6.07) is -0.139. The Balaban J connectivity index is 3.40. The van der Waals surface area contributed by atoms with Crippen LogP contribution in [-0.4, -0.2) is 52.5 Å². The van der Waals surface area contributed by atoms with Crippen LogP contribution in [0.1, 0.15) is 26.2 Å². The molecule has 5 nitrogen and oxygen atoms in total. The van der Waals surface area contributed by atoms with E-state index >= 15 is 0 Å². The van der Waals surface area contributed by atoms with Crippen LogP contribution in [0.5, 0.6) is 0 Å². The Morgan fingerprint density at radius 2 is 1.71 bits per heavy atom. The van der Waals surface area contributed by atoms with Gasteiger partial charge in [0.05, 0.1) is 6.04 Å². The number of methoxy groups -OCH3 is 2. The fourth-order valence-corrected chi connectivity index (χ4v) is 1.36. The summed E-state index contributed by atoms with van der Waals surface area (Å²) >= 11 is 0. The fourth-order valence-electron chi connectivity index (χ4n) is 1.36. The summed E-state index contributed by atoms with van der Waals surface area (Å²) in [5, 5.41) is 6.05. The molecule has 102 valence electrons. The Morgan fingerprint density at radius 1 is 1.06 bits per heavy atom. The molecule has 1 atom stereocenters. The third-order valence-corrected chi connectivity index (χ3v) is 2.44. The monoisotopic (exact) mass is 246 g/mol. The van der Waals surface area contributed by atoms with Gasteiger partial charge in [-0.25, -0.2) is 0 Å². The van der Waals surface area contributed by atoms with Gasteiger partial charge in [0.15, 0.2) is 0 Å². The molecule has 0 heterocycles. The SMILES string of the molecule is COCCCCNC(C)C(=O)NCCCOC. The molecule has 2 N–H and O–H groups in total. The molecule has 0 saturated heterocycles. The number of nitrogens with one attached hydrogen (secondary N) is 2. The number of amides is 1. The van der Waals surface area contributed by atoms with Gasteiger partial charge in [0, 0.05) is 34.0 Å². The van der Waals surface area contributed by atoms with E-state index in [2.05, 4.69) is 10.6 Å². The van der Waals surface area contributed by atoms with Gasteiger partial charge in [0.2, 0.25) is 5.91 Å². The summed E-state index contributed by atoms with van der Waals surface area (Å²) in [4.78, 5) is 11.6. The van der Waals surface area contributed by atoms with Crippen molar-refractivity contribution in [3.05, 3.63) is 0 Å². The second kappa shape index (κ2) is 11.8. The summed E-state index contributed by atoms with van der Waals surface area (Å²) in [6.45, 7) is 4.85. The van der Waals surface area contributed by atoms with E-state index in [0.717, 1.165) is 32.4 Å². The van der Waals surface area contributed by atoms with Crippen molar-refractivity contribution in [2.24, 2.45) is 0 Å². The normalized spacial score (nSPS) is 12.4. The minimum absolute atomic E-state index is 0.0489. The first-order valence-corrected chi connectivity index (χ1v) is 6.21. The number of ether oxygens (including phenoxy) is 2. The van der Waals surface area contributed by atoms with Gasteiger partial charge in [-0.1, -0.05) is 0 Å². The second-order valence-corrected chi connectivity index (χ2v) is 4.01. The molecule has 0 radical (unpaired) electrons. The van der Waals surface area contributed by atoms with Gasteiger partial charge in [-0.3, -0.25) is 4.79 Å². The molecule has 0 fully saturated rings. The van der Waals surface area contributed by atoms with Crippen LogP contribution in [0.2, 0.25) is 0 Å². The van der Waals surface area contributed by atoms with Crippen molar-refractivity contribution >= 4 is 5.91 Å². The zero-order valence-electron chi connectivity index (χ0n) is 11.3. The van der Waals surface area contributed by atoms with Crippen LogP contribution in [0.3, 0.4) is 0 Å². The molecule has 0 saturated carbocycles. The van der Waals surface area contributed by atoms with E-state index in [1.165, 1.54) is 0 Å². The van der Waals surface area contributed by atoms with E-state index in [4.69, 9.17) is 9.47 Å². The van der Waals surface area contributed by atoms with Crippen LogP contribution in [0, 0.1) is 0 Å². The first-order chi connectivity index (χ1) is 8.22. The Kier molecular flexibility index (Phi) is 11.4. The summed E-state index contributed by atoms with van der Waals surface area (Å²) < 4.78 is 9.86. The molecule has 0 aliphatic heterocycles. The molecule has 5 heteroatoms. The molecule has 0 aliphatic carbocycles. The first-order valence-electron chi connectivity index (χ1n) is 6.21. The smallest absolute Gasteiger partial charge is 0.236 e. The highest BCUT2D eigenvalue weighted by molar-refractivity contribution is 5.81. The van der Waals surface area contributed by atoms with Crippen LogP contribution >= 0.6 is 0 Å². The predicted molar refractivity (Wildman–Crippen MR) is 68.1 cm³/mol. The number of hydrogen-bond donors (Lipinski definition) is 2. The fraction of sp³-hybridized carbons (Fsp3) is 0.917. The van der Waals surface area contributed by atoms with E-state index in [9.17, 15) is 4.79 Å². The molecule has 0 spiro atoms. The van der Waals surface area contributed by atoms with Gasteiger partial charge in [-0.05, 0) is 32.7 Å². The maximum absolute atomic E-state index is 11.6. The molecular formula is C12H26N2O3. The Labute approximate surface area is 104 Å². The summed E-state index contributed by atoms with van der Waals surface area (Å²) in [5.74, 6) is 0.0489. The lowest BCUT2D eigenvalue weighted by molar-refractivity contribution is -0.122. The van der Waals surface area contributed by atoms with E-state index in [1.54, 1.807) is 14.2 Å². The number of unbranched alkanes of at least 4 members (excludes halogenated alkanes) is 1. The molecule has 0 rings (SSSR count). The highest BCUT2D eigenvalue weighted by Crippen LogP contribution is 1.89. The molecule has 0 aromatic heterocycles. The van der Waals surface area contributed by atoms with Gasteiger partial charge in [-0.2, -0.15) is 0 Å². The van der Waals surface area contributed by atoms with Gasteiger partial charge in [0.25, 0.3) is 0 Å². The molecule has 1 unspecified atom stereocenters. The van der Waals surface area contributed by atoms with Gasteiger partial charge >= 0.3 is 0 Å². The average Bonchev–Trinajstić information content (AvgIpc) is 2.34. The van der Waals surface area contributed by atoms with E-state index in [0.29, 0.717) is 13.2 Å². The minimum Gasteiger partial charge on any atom is -0.385 e. The van der Waals surface area contributed by atoms with Crippen LogP contribution in [-0.2, 0) is 14.3 Å². The molecule has 0 aliphatic rings. The quantitative estimate of drug-likeness (QED) is 0.523. The highest BCUT2D eigenvalue weighted by atomic mass is 16.5. The Bertz CT molecular complexity index is 189. The number of rotatable bonds is 11. The number of hydrogen-bond acceptors (Lipinski definition) is 4. The zero-order valence-corrected chi connectivity index (χ0v) is 11.3. The van der Waals surface area contributed by atoms with Crippen molar-refractivity contribution in [3.63, 3.8) is 0 Å². The van der Waals surface area contributed by atoms with E-state index < -0.39 is 0 Å². The standard InChI is InChI=1S/C12H26N2O3/c1-11(13-7-4-5-9-16-2)12(15)14-8-6-10-17-3/h11,13H,4-10H2,1-3H3,(H,14,15). The molecular weight excluding hydrogens is 220 g/mol. The van der Waals surface area contributed by atoms with Crippen molar-refractivity contribution in [1.29, 1.82) is 0 Å². The van der Waals surface area contributed by atoms with Crippen LogP contribution in [0.15, 0.2) is 0 Å². The van der Waals surface area contributed by atoms with Crippen molar-refractivity contribution in [2.45, 2.75) is 32.2 Å². The molecule has 0 aromatic carbocycles. The van der Waals surface area contributed by atoms with Gasteiger partial charge < -0.3 is 20.1 Å². The highest BCUT2D eigenvalue weighted by Gasteiger charge is 2.10. The van der Waals surface area contributed by atoms with E-state index in [-0.39, 0.29) is 11.9 Å². The third-order valence-electron chi connectivity index (χ3n) is 2.44. The summed E-state index contributed by atoms with van der Waals surface area (Å²) in [6.07, 6.45) is 2.89. The van der Waals surface area contributed by atoms with Crippen LogP contribution < -0.4 is 10.6 Å². The lowest BCUT2D eigenvalue weighted by atomic mass is 10.2. The van der Waals surface area contributed by atoms with Gasteiger partial charge in [0.1, 0.15) is 0 Å². The van der Waals surface area contributed by atoms with Crippen LogP contribution in [0.4, 0.5) is 0 Å². The van der Waals surface area contributed by atoms with E-state index in [1.807, 2.05) is 6.92 Å². The Hall–Kier alpha value is -0.650. The topological polar surface area (TPSA) is 59.6 Å². The maximum atomic E-state index is 11.6. The zero-order chi connectivity index (χ0) is 12.9. The lowest BCUT2D eigenvalue weighted by Gasteiger charge is -2.13. The molecule has 17 heavy (non-hydrogen) atoms. The van der Waals surface area contributed by atoms with Gasteiger partial charge in [-0.15, -0.1) is 0 Å². The predicted octanol–water partition coefficient (Wildman–Crippen LogP) is 0.544. The molecule has 0 aromatic rings.